The molecule has 1 aliphatic rings. The minimum atomic E-state index is -4.11. The van der Waals surface area contributed by atoms with Crippen molar-refractivity contribution in [1.82, 2.24) is 18.9 Å². The molecule has 38 heavy (non-hydrogen) atoms. The van der Waals surface area contributed by atoms with E-state index in [-0.39, 0.29) is 11.5 Å². The number of fused-ring (bicyclic) bond motifs is 2. The van der Waals surface area contributed by atoms with Gasteiger partial charge >= 0.3 is 5.97 Å². The number of carbonyl (C=O) groups excluding carboxylic acids is 1. The molecule has 0 saturated heterocycles. The summed E-state index contributed by atoms with van der Waals surface area (Å²) in [5.41, 5.74) is 1.07. The van der Waals surface area contributed by atoms with E-state index in [2.05, 4.69) is 9.97 Å². The number of halogens is 2. The summed E-state index contributed by atoms with van der Waals surface area (Å²) in [7, 11) is -4.11. The standard InChI is InChI=1S/C26H25Cl2N5O4S/c1-26(2,3)37-25(34)16-33(38(35,36)21-12-18(27)11-19(28)13-21)20-4-5-22-17(10-20)6-8-32(22)24-15-31-9-7-29-23(31)14-30-24/h4-12,14-15,21H,13,16H2,1-3H3. The van der Waals surface area contributed by atoms with E-state index in [0.717, 1.165) is 20.9 Å². The van der Waals surface area contributed by atoms with E-state index < -0.39 is 33.4 Å². The smallest absolute Gasteiger partial charge is 0.327 e. The molecule has 0 radical (unpaired) electrons. The van der Waals surface area contributed by atoms with Gasteiger partial charge in [0, 0.05) is 40.5 Å². The highest BCUT2D eigenvalue weighted by atomic mass is 35.5. The minimum absolute atomic E-state index is 0.0476. The lowest BCUT2D eigenvalue weighted by Gasteiger charge is -2.30. The van der Waals surface area contributed by atoms with Gasteiger partial charge in [0.25, 0.3) is 0 Å². The number of rotatable bonds is 6. The maximum atomic E-state index is 13.8. The molecule has 1 aliphatic carbocycles. The molecule has 4 aromatic rings. The first-order valence-electron chi connectivity index (χ1n) is 11.8. The zero-order chi connectivity index (χ0) is 27.2. The molecular formula is C26H25Cl2N5O4S. The van der Waals surface area contributed by atoms with Gasteiger partial charge in [0.15, 0.2) is 11.5 Å². The third kappa shape index (κ3) is 5.29. The molecule has 12 heteroatoms. The highest BCUT2D eigenvalue weighted by Gasteiger charge is 2.35. The predicted molar refractivity (Wildman–Crippen MR) is 148 cm³/mol. The van der Waals surface area contributed by atoms with Gasteiger partial charge in [-0.15, -0.1) is 0 Å². The number of imidazole rings is 1. The van der Waals surface area contributed by atoms with Gasteiger partial charge in [-0.2, -0.15) is 0 Å². The van der Waals surface area contributed by atoms with Crippen LogP contribution in [0.2, 0.25) is 0 Å². The number of sulfonamides is 1. The summed E-state index contributed by atoms with van der Waals surface area (Å²) >= 11 is 12.3. The first-order chi connectivity index (χ1) is 17.9. The number of hydrogen-bond acceptors (Lipinski definition) is 6. The number of anilines is 1. The van der Waals surface area contributed by atoms with E-state index in [1.165, 1.54) is 12.2 Å². The first-order valence-corrected chi connectivity index (χ1v) is 14.0. The number of benzene rings is 1. The van der Waals surface area contributed by atoms with Crippen molar-refractivity contribution in [2.45, 2.75) is 38.0 Å². The second kappa shape index (κ2) is 9.76. The lowest BCUT2D eigenvalue weighted by molar-refractivity contribution is -0.152. The lowest BCUT2D eigenvalue weighted by atomic mass is 10.2. The Morgan fingerprint density at radius 1 is 1.18 bits per heavy atom. The van der Waals surface area contributed by atoms with Crippen LogP contribution in [0.15, 0.2) is 77.5 Å². The molecule has 0 amide bonds. The van der Waals surface area contributed by atoms with Gasteiger partial charge in [-0.1, -0.05) is 23.2 Å². The number of ether oxygens (including phenoxy) is 1. The van der Waals surface area contributed by atoms with Gasteiger partial charge in [-0.25, -0.2) is 18.4 Å². The number of allylic oxidation sites excluding steroid dienone is 3. The fourth-order valence-electron chi connectivity index (χ4n) is 4.28. The Bertz CT molecular complexity index is 1720. The van der Waals surface area contributed by atoms with Gasteiger partial charge < -0.3 is 9.14 Å². The van der Waals surface area contributed by atoms with Gasteiger partial charge in [0.2, 0.25) is 10.0 Å². The molecule has 0 bridgehead atoms. The number of nitrogens with zero attached hydrogens (tertiary/aromatic N) is 5. The van der Waals surface area contributed by atoms with Gasteiger partial charge in [0.05, 0.1) is 23.6 Å². The average molecular weight is 574 g/mol. The maximum absolute atomic E-state index is 13.8. The predicted octanol–water partition coefficient (Wildman–Crippen LogP) is 5.17. The summed E-state index contributed by atoms with van der Waals surface area (Å²) in [4.78, 5) is 21.5. The fourth-order valence-corrected chi connectivity index (χ4v) is 6.80. The Hall–Kier alpha value is -3.34. The Balaban J connectivity index is 1.55. The first kappa shape index (κ1) is 26.3. The van der Waals surface area contributed by atoms with Crippen molar-refractivity contribution < 1.29 is 17.9 Å². The van der Waals surface area contributed by atoms with Crippen LogP contribution in [0.4, 0.5) is 5.69 Å². The molecule has 1 atom stereocenters. The van der Waals surface area contributed by atoms with Gasteiger partial charge in [0.1, 0.15) is 17.4 Å². The quantitative estimate of drug-likeness (QED) is 0.295. The van der Waals surface area contributed by atoms with E-state index in [0.29, 0.717) is 16.5 Å². The normalized spacial score (nSPS) is 16.4. The minimum Gasteiger partial charge on any atom is -0.459 e. The molecule has 1 unspecified atom stereocenters. The SMILES string of the molecule is CC(C)(C)OC(=O)CN(c1ccc2c(ccn2-c2cn3ccnc3cn2)c1)S(=O)(=O)C1C=C(Cl)C=C(Cl)C1. The van der Waals surface area contributed by atoms with Crippen molar-refractivity contribution in [3.63, 3.8) is 0 Å². The number of hydrogen-bond donors (Lipinski definition) is 0. The summed E-state index contributed by atoms with van der Waals surface area (Å²) in [6.07, 6.45) is 11.9. The summed E-state index contributed by atoms with van der Waals surface area (Å²) < 4.78 is 38.0. The highest BCUT2D eigenvalue weighted by molar-refractivity contribution is 7.93. The number of aromatic nitrogens is 4. The summed E-state index contributed by atoms with van der Waals surface area (Å²) in [5.74, 6) is -0.0102. The second-order valence-corrected chi connectivity index (χ2v) is 12.9. The molecule has 9 nitrogen and oxygen atoms in total. The van der Waals surface area contributed by atoms with Crippen LogP contribution >= 0.6 is 23.2 Å². The van der Waals surface area contributed by atoms with E-state index in [1.54, 1.807) is 51.4 Å². The van der Waals surface area contributed by atoms with Crippen LogP contribution in [0.25, 0.3) is 22.4 Å². The monoisotopic (exact) mass is 573 g/mol. The van der Waals surface area contributed by atoms with Crippen LogP contribution in [-0.4, -0.2) is 50.7 Å². The molecule has 0 spiro atoms. The maximum Gasteiger partial charge on any atom is 0.327 e. The van der Waals surface area contributed by atoms with Crippen LogP contribution in [0.3, 0.4) is 0 Å². The molecule has 1 aromatic carbocycles. The van der Waals surface area contributed by atoms with Crippen LogP contribution in [0, 0.1) is 0 Å². The van der Waals surface area contributed by atoms with Gasteiger partial charge in [-0.3, -0.25) is 13.7 Å². The average Bonchev–Trinajstić information content (AvgIpc) is 3.46. The van der Waals surface area contributed by atoms with Crippen molar-refractivity contribution >= 4 is 61.4 Å². The van der Waals surface area contributed by atoms with Crippen molar-refractivity contribution in [3.8, 4) is 5.82 Å². The molecule has 0 N–H and O–H groups in total. The van der Waals surface area contributed by atoms with Crippen LogP contribution in [-0.2, 0) is 19.6 Å². The van der Waals surface area contributed by atoms with E-state index in [9.17, 15) is 13.2 Å². The summed E-state index contributed by atoms with van der Waals surface area (Å²) in [5, 5.41) is 0.260. The van der Waals surface area contributed by atoms with Crippen molar-refractivity contribution in [2.24, 2.45) is 0 Å². The van der Waals surface area contributed by atoms with Crippen molar-refractivity contribution in [1.29, 1.82) is 0 Å². The fraction of sp³-hybridized carbons (Fsp3) is 0.269. The number of esters is 1. The third-order valence-corrected chi connectivity index (χ3v) is 8.41. The molecule has 198 valence electrons. The zero-order valence-corrected chi connectivity index (χ0v) is 23.2. The van der Waals surface area contributed by atoms with Crippen LogP contribution in [0.5, 0.6) is 0 Å². The van der Waals surface area contributed by atoms with Gasteiger partial charge in [-0.05, 0) is 57.2 Å². The zero-order valence-electron chi connectivity index (χ0n) is 20.9. The third-order valence-electron chi connectivity index (χ3n) is 5.89. The van der Waals surface area contributed by atoms with Crippen LogP contribution in [0.1, 0.15) is 27.2 Å². The molecule has 5 rings (SSSR count). The topological polar surface area (TPSA) is 98.8 Å². The molecule has 3 aromatic heterocycles. The number of carbonyl (C=O) groups is 1. The Labute approximate surface area is 230 Å². The molecule has 0 aliphatic heterocycles. The lowest BCUT2D eigenvalue weighted by Crippen LogP contribution is -2.43. The summed E-state index contributed by atoms with van der Waals surface area (Å²) in [6, 6.07) is 7.02. The Morgan fingerprint density at radius 3 is 2.71 bits per heavy atom. The molecule has 0 saturated carbocycles. The van der Waals surface area contributed by atoms with Crippen molar-refractivity contribution in [2.75, 3.05) is 10.8 Å². The Kier molecular flexibility index (Phi) is 6.75. The van der Waals surface area contributed by atoms with Crippen molar-refractivity contribution in [3.05, 3.63) is 77.5 Å². The molecule has 3 heterocycles. The second-order valence-electron chi connectivity index (χ2n) is 9.89. The molecular weight excluding hydrogens is 549 g/mol. The largest absolute Gasteiger partial charge is 0.459 e. The van der Waals surface area contributed by atoms with E-state index in [4.69, 9.17) is 27.9 Å². The van der Waals surface area contributed by atoms with E-state index in [1.807, 2.05) is 33.6 Å². The van der Waals surface area contributed by atoms with E-state index >= 15 is 0 Å². The molecule has 0 fully saturated rings. The Morgan fingerprint density at radius 2 is 1.97 bits per heavy atom. The summed E-state index contributed by atoms with van der Waals surface area (Å²) in [6.45, 7) is 4.67. The van der Waals surface area contributed by atoms with Crippen LogP contribution < -0.4 is 4.31 Å². The highest BCUT2D eigenvalue weighted by Crippen LogP contribution is 2.33.